The van der Waals surface area contributed by atoms with Crippen molar-refractivity contribution in [3.8, 4) is 0 Å². The molecule has 3 nitrogen and oxygen atoms in total. The van der Waals surface area contributed by atoms with Crippen molar-refractivity contribution in [2.24, 2.45) is 5.41 Å². The summed E-state index contributed by atoms with van der Waals surface area (Å²) in [6, 6.07) is 0. The molecule has 1 saturated heterocycles. The summed E-state index contributed by atoms with van der Waals surface area (Å²) >= 11 is 7.57. The van der Waals surface area contributed by atoms with E-state index in [1.54, 1.807) is 7.11 Å². The summed E-state index contributed by atoms with van der Waals surface area (Å²) in [5.74, 6) is 0. The van der Waals surface area contributed by atoms with Crippen LogP contribution < -0.4 is 0 Å². The van der Waals surface area contributed by atoms with Crippen molar-refractivity contribution in [3.05, 3.63) is 0 Å². The van der Waals surface area contributed by atoms with Gasteiger partial charge >= 0.3 is 0 Å². The molecule has 0 aromatic heterocycles. The van der Waals surface area contributed by atoms with Gasteiger partial charge in [0.1, 0.15) is 0 Å². The molecule has 2 unspecified atom stereocenters. The summed E-state index contributed by atoms with van der Waals surface area (Å²) in [6.07, 6.45) is 0.916. The predicted molar refractivity (Wildman–Crippen MR) is 118 cm³/mol. The van der Waals surface area contributed by atoms with Gasteiger partial charge in [-0.1, -0.05) is 43.4 Å². The Morgan fingerprint density at radius 1 is 0.958 bits per heavy atom. The van der Waals surface area contributed by atoms with E-state index in [-0.39, 0.29) is 21.4 Å². The lowest BCUT2D eigenvalue weighted by molar-refractivity contribution is -0.0483. The highest BCUT2D eigenvalue weighted by molar-refractivity contribution is 14.1. The molecule has 0 aromatic rings. The van der Waals surface area contributed by atoms with E-state index < -0.39 is 0 Å². The van der Waals surface area contributed by atoms with Gasteiger partial charge < -0.3 is 4.74 Å². The molecule has 0 bridgehead atoms. The second-order valence-corrected chi connectivity index (χ2v) is 12.1. The van der Waals surface area contributed by atoms with Gasteiger partial charge in [-0.3, -0.25) is 9.80 Å². The van der Waals surface area contributed by atoms with Gasteiger partial charge in [-0.2, -0.15) is 12.6 Å². The third kappa shape index (κ3) is 5.02. The lowest BCUT2D eigenvalue weighted by Crippen LogP contribution is -2.64. The molecule has 24 heavy (non-hydrogen) atoms. The molecule has 1 aliphatic heterocycles. The van der Waals surface area contributed by atoms with Gasteiger partial charge in [0.2, 0.25) is 0 Å². The largest absolute Gasteiger partial charge is 0.379 e. The third-order valence-electron chi connectivity index (χ3n) is 6.64. The van der Waals surface area contributed by atoms with Crippen LogP contribution >= 0.6 is 35.2 Å². The predicted octanol–water partition coefficient (Wildman–Crippen LogP) is 4.69. The van der Waals surface area contributed by atoms with Crippen molar-refractivity contribution in [1.82, 2.24) is 9.80 Å². The minimum atomic E-state index is -0.147. The molecule has 0 aromatic carbocycles. The van der Waals surface area contributed by atoms with Crippen LogP contribution in [0.4, 0.5) is 0 Å². The zero-order valence-electron chi connectivity index (χ0n) is 17.2. The van der Waals surface area contributed by atoms with E-state index in [4.69, 9.17) is 17.4 Å². The maximum atomic E-state index is 5.62. The quantitative estimate of drug-likeness (QED) is 0.330. The lowest BCUT2D eigenvalue weighted by atomic mass is 9.71. The number of alkyl halides is 1. The van der Waals surface area contributed by atoms with Crippen LogP contribution in [0, 0.1) is 5.41 Å². The molecule has 1 aliphatic rings. The molecule has 0 spiro atoms. The van der Waals surface area contributed by atoms with Crippen molar-refractivity contribution < 1.29 is 4.74 Å². The zero-order chi connectivity index (χ0) is 19.0. The first kappa shape index (κ1) is 23.0. The summed E-state index contributed by atoms with van der Waals surface area (Å²) in [4.78, 5) is 5.05. The van der Waals surface area contributed by atoms with Crippen molar-refractivity contribution >= 4 is 35.2 Å². The first-order valence-corrected chi connectivity index (χ1v) is 10.8. The van der Waals surface area contributed by atoms with Crippen molar-refractivity contribution in [2.75, 3.05) is 33.3 Å². The molecule has 0 saturated carbocycles. The number of hydrogen-bond acceptors (Lipinski definition) is 4. The molecule has 1 rings (SSSR count). The summed E-state index contributed by atoms with van der Waals surface area (Å²) in [5.41, 5.74) is 0.294. The van der Waals surface area contributed by atoms with Gasteiger partial charge in [0.15, 0.2) is 0 Å². The number of thiol groups is 1. The molecule has 1 heterocycles. The van der Waals surface area contributed by atoms with E-state index in [1.807, 2.05) is 0 Å². The van der Waals surface area contributed by atoms with E-state index >= 15 is 0 Å². The van der Waals surface area contributed by atoms with Crippen molar-refractivity contribution in [3.63, 3.8) is 0 Å². The smallest absolute Gasteiger partial charge is 0.0648 e. The maximum absolute atomic E-state index is 5.62. The summed E-state index contributed by atoms with van der Waals surface area (Å²) in [5, 5.41) is 0. The molecule has 1 fully saturated rings. The Morgan fingerprint density at radius 3 is 1.75 bits per heavy atom. The van der Waals surface area contributed by atoms with Gasteiger partial charge in [-0.25, -0.2) is 0 Å². The highest BCUT2D eigenvalue weighted by Crippen LogP contribution is 2.43. The van der Waals surface area contributed by atoms with E-state index in [2.05, 4.69) is 87.8 Å². The molecule has 0 aliphatic carbocycles. The van der Waals surface area contributed by atoms with E-state index in [1.165, 1.54) is 0 Å². The maximum Gasteiger partial charge on any atom is 0.0648 e. The fourth-order valence-electron chi connectivity index (χ4n) is 3.63. The zero-order valence-corrected chi connectivity index (χ0v) is 20.3. The van der Waals surface area contributed by atoms with Gasteiger partial charge in [0.05, 0.1) is 10.5 Å². The number of rotatable bonds is 7. The number of halogens is 1. The highest BCUT2D eigenvalue weighted by Gasteiger charge is 2.46. The van der Waals surface area contributed by atoms with E-state index in [0.29, 0.717) is 3.92 Å². The summed E-state index contributed by atoms with van der Waals surface area (Å²) in [6.45, 7) is 22.8. The Bertz CT molecular complexity index is 414. The molecule has 0 radical (unpaired) electrons. The molecule has 0 N–H and O–H groups in total. The lowest BCUT2D eigenvalue weighted by Gasteiger charge is -2.55. The first-order valence-electron chi connectivity index (χ1n) is 9.09. The topological polar surface area (TPSA) is 15.7 Å². The minimum Gasteiger partial charge on any atom is -0.379 e. The van der Waals surface area contributed by atoms with Crippen molar-refractivity contribution in [2.45, 2.75) is 81.7 Å². The molecule has 144 valence electrons. The van der Waals surface area contributed by atoms with Gasteiger partial charge in [0, 0.05) is 49.2 Å². The van der Waals surface area contributed by atoms with Gasteiger partial charge in [-0.15, -0.1) is 0 Å². The number of methoxy groups -OCH3 is 1. The Hall–Kier alpha value is 0.960. The van der Waals surface area contributed by atoms with Gasteiger partial charge in [0.25, 0.3) is 0 Å². The second-order valence-electron chi connectivity index (χ2n) is 9.23. The monoisotopic (exact) mass is 470 g/mol. The number of ether oxygens (including phenoxy) is 1. The van der Waals surface area contributed by atoms with Crippen molar-refractivity contribution in [1.29, 1.82) is 0 Å². The average Bonchev–Trinajstić information content (AvgIpc) is 2.46. The SMILES string of the molecule is COC(C)(C)CC(C)(S)N1CCN(C(C)(C)C(C)(C)C(C)I)CC1. The van der Waals surface area contributed by atoms with Gasteiger partial charge in [-0.05, 0) is 40.0 Å². The molecule has 2 atom stereocenters. The minimum absolute atomic E-state index is 0.137. The molecular weight excluding hydrogens is 431 g/mol. The molecule has 5 heteroatoms. The fourth-order valence-corrected chi connectivity index (χ4v) is 4.97. The first-order chi connectivity index (χ1) is 10.7. The number of nitrogens with zero attached hydrogens (tertiary/aromatic N) is 2. The standard InChI is InChI=1S/C19H39IN2OS/c1-15(20)17(4,5)18(6,7)21-10-12-22(13-11-21)19(8,24)14-16(2,3)23-9/h15,24H,10-14H2,1-9H3. The van der Waals surface area contributed by atoms with E-state index in [0.717, 1.165) is 32.6 Å². The van der Waals surface area contributed by atoms with Crippen LogP contribution in [-0.2, 0) is 4.74 Å². The van der Waals surface area contributed by atoms with Crippen LogP contribution in [0.3, 0.4) is 0 Å². The van der Waals surface area contributed by atoms with Crippen LogP contribution in [0.15, 0.2) is 0 Å². The van der Waals surface area contributed by atoms with Crippen LogP contribution in [0.2, 0.25) is 0 Å². The third-order valence-corrected chi connectivity index (χ3v) is 8.63. The van der Waals surface area contributed by atoms with Crippen LogP contribution in [0.25, 0.3) is 0 Å². The Balaban J connectivity index is 2.76. The van der Waals surface area contributed by atoms with Crippen LogP contribution in [-0.4, -0.2) is 63.0 Å². The molecular formula is C19H39IN2OS. The van der Waals surface area contributed by atoms with E-state index in [9.17, 15) is 0 Å². The summed E-state index contributed by atoms with van der Waals surface area (Å²) in [7, 11) is 1.79. The normalized spacial score (nSPS) is 23.1. The summed E-state index contributed by atoms with van der Waals surface area (Å²) < 4.78 is 6.25. The average molecular weight is 471 g/mol. The Kier molecular flexibility index (Phi) is 7.58. The number of hydrogen-bond donors (Lipinski definition) is 1. The Labute approximate surface area is 169 Å². The number of piperazine rings is 1. The van der Waals surface area contributed by atoms with Crippen LogP contribution in [0.1, 0.15) is 61.8 Å². The molecule has 0 amide bonds. The van der Waals surface area contributed by atoms with Crippen LogP contribution in [0.5, 0.6) is 0 Å². The second kappa shape index (κ2) is 7.91. The highest BCUT2D eigenvalue weighted by atomic mass is 127. The Morgan fingerprint density at radius 2 is 1.38 bits per heavy atom. The fraction of sp³-hybridized carbons (Fsp3) is 1.00.